The van der Waals surface area contributed by atoms with E-state index in [-0.39, 0.29) is 0 Å². The van der Waals surface area contributed by atoms with Crippen molar-refractivity contribution in [2.45, 2.75) is 39.8 Å². The molecule has 0 aromatic carbocycles. The first-order valence-electron chi connectivity index (χ1n) is 7.12. The number of hydrogen-bond donors (Lipinski definition) is 1. The van der Waals surface area contributed by atoms with E-state index in [0.717, 1.165) is 42.1 Å². The lowest BCUT2D eigenvalue weighted by Crippen LogP contribution is -2.37. The third-order valence-electron chi connectivity index (χ3n) is 4.21. The molecule has 0 saturated carbocycles. The van der Waals surface area contributed by atoms with Crippen molar-refractivity contribution < 1.29 is 0 Å². The highest BCUT2D eigenvalue weighted by molar-refractivity contribution is 5.53. The van der Waals surface area contributed by atoms with Gasteiger partial charge in [-0.2, -0.15) is 0 Å². The van der Waals surface area contributed by atoms with Crippen LogP contribution in [0.2, 0.25) is 0 Å². The summed E-state index contributed by atoms with van der Waals surface area (Å²) in [5.41, 5.74) is 10.3. The van der Waals surface area contributed by atoms with E-state index in [4.69, 9.17) is 5.73 Å². The molecule has 0 aliphatic carbocycles. The van der Waals surface area contributed by atoms with Crippen molar-refractivity contribution >= 4 is 5.69 Å². The average Bonchev–Trinajstić information content (AvgIpc) is 2.52. The second-order valence-electron chi connectivity index (χ2n) is 5.86. The van der Waals surface area contributed by atoms with Crippen LogP contribution in [0.15, 0.2) is 6.20 Å². The number of nitrogens with two attached hydrogens (primary N) is 1. The maximum absolute atomic E-state index is 6.11. The van der Waals surface area contributed by atoms with Gasteiger partial charge in [0.2, 0.25) is 0 Å². The van der Waals surface area contributed by atoms with Gasteiger partial charge in [0.25, 0.3) is 0 Å². The van der Waals surface area contributed by atoms with Crippen molar-refractivity contribution in [1.82, 2.24) is 14.8 Å². The molecular weight excluding hydrogens is 236 g/mol. The van der Waals surface area contributed by atoms with Crippen LogP contribution >= 0.6 is 0 Å². The van der Waals surface area contributed by atoms with Crippen molar-refractivity contribution in [3.05, 3.63) is 23.0 Å². The highest BCUT2D eigenvalue weighted by Crippen LogP contribution is 2.20. The number of rotatable bonds is 2. The van der Waals surface area contributed by atoms with Crippen LogP contribution in [0.1, 0.15) is 30.2 Å². The summed E-state index contributed by atoms with van der Waals surface area (Å²) in [4.78, 5) is 9.51. The molecule has 1 atom stereocenters. The quantitative estimate of drug-likeness (QED) is 0.883. The van der Waals surface area contributed by atoms with Crippen LogP contribution in [0.4, 0.5) is 5.69 Å². The molecule has 4 heteroatoms. The van der Waals surface area contributed by atoms with Gasteiger partial charge in [-0.05, 0) is 51.9 Å². The Balaban J connectivity index is 2.14. The molecule has 1 aromatic heterocycles. The summed E-state index contributed by atoms with van der Waals surface area (Å²) in [5, 5.41) is 0. The maximum atomic E-state index is 6.11. The molecule has 1 saturated heterocycles. The molecular formula is C15H26N4. The first kappa shape index (κ1) is 14.3. The Bertz CT molecular complexity index is 444. The van der Waals surface area contributed by atoms with Crippen molar-refractivity contribution in [3.63, 3.8) is 0 Å². The third-order valence-corrected chi connectivity index (χ3v) is 4.21. The molecule has 0 radical (unpaired) electrons. The van der Waals surface area contributed by atoms with E-state index in [1.54, 1.807) is 0 Å². The topological polar surface area (TPSA) is 45.4 Å². The van der Waals surface area contributed by atoms with Crippen molar-refractivity contribution in [2.24, 2.45) is 0 Å². The number of likely N-dealkylation sites (N-methyl/N-ethyl adjacent to an activating group) is 1. The number of anilines is 1. The first-order chi connectivity index (χ1) is 8.99. The van der Waals surface area contributed by atoms with Gasteiger partial charge in [0.05, 0.1) is 5.69 Å². The number of nitrogen functional groups attached to an aromatic ring is 1. The van der Waals surface area contributed by atoms with Gasteiger partial charge in [-0.15, -0.1) is 0 Å². The van der Waals surface area contributed by atoms with E-state index in [2.05, 4.69) is 35.7 Å². The third kappa shape index (κ3) is 3.25. The monoisotopic (exact) mass is 262 g/mol. The summed E-state index contributed by atoms with van der Waals surface area (Å²) in [7, 11) is 2.20. The molecule has 1 unspecified atom stereocenters. The molecule has 2 rings (SSSR count). The molecule has 0 bridgehead atoms. The van der Waals surface area contributed by atoms with E-state index in [1.165, 1.54) is 13.0 Å². The fourth-order valence-corrected chi connectivity index (χ4v) is 2.80. The number of nitrogens with zero attached hydrogens (tertiary/aromatic N) is 3. The van der Waals surface area contributed by atoms with Gasteiger partial charge in [-0.25, -0.2) is 0 Å². The average molecular weight is 262 g/mol. The Hall–Kier alpha value is -1.13. The summed E-state index contributed by atoms with van der Waals surface area (Å²) in [5.74, 6) is 0. The zero-order valence-electron chi connectivity index (χ0n) is 12.6. The zero-order chi connectivity index (χ0) is 14.0. The minimum atomic E-state index is 0.566. The maximum Gasteiger partial charge on any atom is 0.0593 e. The smallest absolute Gasteiger partial charge is 0.0593 e. The Morgan fingerprint density at radius 2 is 2.11 bits per heavy atom. The van der Waals surface area contributed by atoms with E-state index in [0.29, 0.717) is 6.04 Å². The fraction of sp³-hybridized carbons (Fsp3) is 0.667. The van der Waals surface area contributed by atoms with E-state index < -0.39 is 0 Å². The predicted molar refractivity (Wildman–Crippen MR) is 80.1 cm³/mol. The minimum absolute atomic E-state index is 0.566. The Morgan fingerprint density at radius 1 is 1.37 bits per heavy atom. The Kier molecular flexibility index (Phi) is 4.42. The van der Waals surface area contributed by atoms with Crippen LogP contribution < -0.4 is 5.73 Å². The summed E-state index contributed by atoms with van der Waals surface area (Å²) < 4.78 is 0. The SMILES string of the molecule is Cc1cnc(CN2CCCN(C)CC2C)c(C)c1N. The molecule has 2 heterocycles. The fourth-order valence-electron chi connectivity index (χ4n) is 2.80. The minimum Gasteiger partial charge on any atom is -0.398 e. The summed E-state index contributed by atoms with van der Waals surface area (Å²) in [6.07, 6.45) is 3.12. The van der Waals surface area contributed by atoms with Crippen LogP contribution in [0.25, 0.3) is 0 Å². The second kappa shape index (κ2) is 5.88. The number of hydrogen-bond acceptors (Lipinski definition) is 4. The van der Waals surface area contributed by atoms with Gasteiger partial charge in [0.1, 0.15) is 0 Å². The normalized spacial score (nSPS) is 22.4. The molecule has 1 aliphatic rings. The van der Waals surface area contributed by atoms with Gasteiger partial charge in [-0.3, -0.25) is 9.88 Å². The molecule has 4 nitrogen and oxygen atoms in total. The molecule has 1 aromatic rings. The van der Waals surface area contributed by atoms with Crippen LogP contribution in [-0.4, -0.2) is 47.5 Å². The summed E-state index contributed by atoms with van der Waals surface area (Å²) >= 11 is 0. The van der Waals surface area contributed by atoms with Gasteiger partial charge < -0.3 is 10.6 Å². The van der Waals surface area contributed by atoms with Crippen LogP contribution in [-0.2, 0) is 6.54 Å². The van der Waals surface area contributed by atoms with E-state index in [1.807, 2.05) is 13.1 Å². The molecule has 2 N–H and O–H groups in total. The first-order valence-corrected chi connectivity index (χ1v) is 7.12. The zero-order valence-corrected chi connectivity index (χ0v) is 12.6. The molecule has 1 aliphatic heterocycles. The number of pyridine rings is 1. The highest BCUT2D eigenvalue weighted by Gasteiger charge is 2.21. The van der Waals surface area contributed by atoms with Gasteiger partial charge in [0, 0.05) is 37.6 Å². The van der Waals surface area contributed by atoms with E-state index in [9.17, 15) is 0 Å². The standard InChI is InChI=1S/C15H26N4/c1-11-8-17-14(13(3)15(11)16)10-19-7-5-6-18(4)9-12(19)2/h8,12H,5-7,9-10H2,1-4H3,(H2,16,17). The van der Waals surface area contributed by atoms with Gasteiger partial charge in [0.15, 0.2) is 0 Å². The number of aryl methyl sites for hydroxylation is 1. The largest absolute Gasteiger partial charge is 0.398 e. The van der Waals surface area contributed by atoms with E-state index >= 15 is 0 Å². The van der Waals surface area contributed by atoms with Gasteiger partial charge in [-0.1, -0.05) is 0 Å². The lowest BCUT2D eigenvalue weighted by Gasteiger charge is -2.28. The highest BCUT2D eigenvalue weighted by atomic mass is 15.2. The summed E-state index contributed by atoms with van der Waals surface area (Å²) in [6.45, 7) is 10.8. The molecule has 106 valence electrons. The van der Waals surface area contributed by atoms with Gasteiger partial charge >= 0.3 is 0 Å². The van der Waals surface area contributed by atoms with Crippen LogP contribution in [0, 0.1) is 13.8 Å². The summed E-state index contributed by atoms with van der Waals surface area (Å²) in [6, 6.07) is 0.566. The molecule has 0 spiro atoms. The van der Waals surface area contributed by atoms with Crippen molar-refractivity contribution in [2.75, 3.05) is 32.4 Å². The number of aromatic nitrogens is 1. The molecule has 1 fully saturated rings. The second-order valence-corrected chi connectivity index (χ2v) is 5.86. The Morgan fingerprint density at radius 3 is 2.84 bits per heavy atom. The lowest BCUT2D eigenvalue weighted by atomic mass is 10.1. The van der Waals surface area contributed by atoms with Crippen molar-refractivity contribution in [1.29, 1.82) is 0 Å². The van der Waals surface area contributed by atoms with Crippen LogP contribution in [0.5, 0.6) is 0 Å². The Labute approximate surface area is 116 Å². The molecule has 19 heavy (non-hydrogen) atoms. The molecule has 0 amide bonds. The van der Waals surface area contributed by atoms with Crippen LogP contribution in [0.3, 0.4) is 0 Å². The van der Waals surface area contributed by atoms with Crippen molar-refractivity contribution in [3.8, 4) is 0 Å². The predicted octanol–water partition coefficient (Wildman–Crippen LogP) is 1.81. The lowest BCUT2D eigenvalue weighted by molar-refractivity contribution is 0.192.